The van der Waals surface area contributed by atoms with Crippen molar-refractivity contribution in [2.24, 2.45) is 0 Å². The number of carbonyl (C=O) groups is 1. The van der Waals surface area contributed by atoms with Crippen molar-refractivity contribution in [3.63, 3.8) is 0 Å². The summed E-state index contributed by atoms with van der Waals surface area (Å²) in [6.45, 7) is 10.3. The highest BCUT2D eigenvalue weighted by Crippen LogP contribution is 2.36. The molecule has 1 amide bonds. The molecule has 0 saturated heterocycles. The standard InChI is InChI=1S/C15H22N2O2/c1-9-8-12-11(10(2)13(9)16)6-7-17(12)14(18)19-15(3,4)5/h8H,6-7,16H2,1-5H3. The Morgan fingerprint density at radius 3 is 2.58 bits per heavy atom. The Labute approximate surface area is 114 Å². The van der Waals surface area contributed by atoms with Crippen molar-refractivity contribution in [3.05, 3.63) is 22.8 Å². The van der Waals surface area contributed by atoms with Crippen LogP contribution >= 0.6 is 0 Å². The molecule has 1 aromatic rings. The van der Waals surface area contributed by atoms with E-state index in [1.165, 1.54) is 0 Å². The molecular weight excluding hydrogens is 240 g/mol. The van der Waals surface area contributed by atoms with Gasteiger partial charge in [-0.1, -0.05) is 0 Å². The molecule has 1 aromatic carbocycles. The van der Waals surface area contributed by atoms with Gasteiger partial charge in [-0.05, 0) is 63.8 Å². The fraction of sp³-hybridized carbons (Fsp3) is 0.533. The minimum atomic E-state index is -0.474. The summed E-state index contributed by atoms with van der Waals surface area (Å²) in [6, 6.07) is 1.98. The zero-order chi connectivity index (χ0) is 14.4. The highest BCUT2D eigenvalue weighted by Gasteiger charge is 2.30. The summed E-state index contributed by atoms with van der Waals surface area (Å²) >= 11 is 0. The third-order valence-corrected chi connectivity index (χ3v) is 3.43. The molecular formula is C15H22N2O2. The van der Waals surface area contributed by atoms with Crippen LogP contribution < -0.4 is 10.6 Å². The number of nitrogens with zero attached hydrogens (tertiary/aromatic N) is 1. The fourth-order valence-electron chi connectivity index (χ4n) is 2.43. The maximum absolute atomic E-state index is 12.2. The molecule has 1 aliphatic heterocycles. The lowest BCUT2D eigenvalue weighted by Gasteiger charge is -2.25. The van der Waals surface area contributed by atoms with Crippen LogP contribution in [0.5, 0.6) is 0 Å². The number of nitrogens with two attached hydrogens (primary N) is 1. The first-order chi connectivity index (χ1) is 8.70. The number of ether oxygens (including phenoxy) is 1. The number of nitrogen functional groups attached to an aromatic ring is 1. The van der Waals surface area contributed by atoms with Crippen LogP contribution in [0.3, 0.4) is 0 Å². The van der Waals surface area contributed by atoms with Crippen molar-refractivity contribution in [3.8, 4) is 0 Å². The molecule has 0 saturated carbocycles. The van der Waals surface area contributed by atoms with Crippen LogP contribution in [0, 0.1) is 13.8 Å². The summed E-state index contributed by atoms with van der Waals surface area (Å²) in [4.78, 5) is 13.9. The van der Waals surface area contributed by atoms with Crippen LogP contribution in [0.2, 0.25) is 0 Å². The number of anilines is 2. The van der Waals surface area contributed by atoms with Crippen LogP contribution in [0.4, 0.5) is 16.2 Å². The molecule has 1 aliphatic rings. The van der Waals surface area contributed by atoms with E-state index in [1.807, 2.05) is 40.7 Å². The van der Waals surface area contributed by atoms with Crippen LogP contribution in [0.25, 0.3) is 0 Å². The fourth-order valence-corrected chi connectivity index (χ4v) is 2.43. The van der Waals surface area contributed by atoms with E-state index in [0.29, 0.717) is 6.54 Å². The second-order valence-corrected chi connectivity index (χ2v) is 6.11. The van der Waals surface area contributed by atoms with Gasteiger partial charge in [0.05, 0.1) is 5.69 Å². The van der Waals surface area contributed by atoms with Gasteiger partial charge in [0.25, 0.3) is 0 Å². The van der Waals surface area contributed by atoms with Gasteiger partial charge in [-0.25, -0.2) is 4.79 Å². The number of fused-ring (bicyclic) bond motifs is 1. The van der Waals surface area contributed by atoms with Crippen molar-refractivity contribution in [1.82, 2.24) is 0 Å². The molecule has 0 fully saturated rings. The van der Waals surface area contributed by atoms with Gasteiger partial charge in [0.2, 0.25) is 0 Å². The van der Waals surface area contributed by atoms with E-state index in [1.54, 1.807) is 4.90 Å². The maximum Gasteiger partial charge on any atom is 0.414 e. The minimum Gasteiger partial charge on any atom is -0.443 e. The first-order valence-corrected chi connectivity index (χ1v) is 6.60. The number of hydrogen-bond donors (Lipinski definition) is 1. The lowest BCUT2D eigenvalue weighted by Crippen LogP contribution is -2.35. The molecule has 0 radical (unpaired) electrons. The largest absolute Gasteiger partial charge is 0.443 e. The highest BCUT2D eigenvalue weighted by molar-refractivity contribution is 5.92. The third-order valence-electron chi connectivity index (χ3n) is 3.43. The van der Waals surface area contributed by atoms with E-state index in [0.717, 1.165) is 34.5 Å². The molecule has 19 heavy (non-hydrogen) atoms. The van der Waals surface area contributed by atoms with Gasteiger partial charge in [0, 0.05) is 12.2 Å². The molecule has 2 N–H and O–H groups in total. The Kier molecular flexibility index (Phi) is 3.20. The maximum atomic E-state index is 12.2. The van der Waals surface area contributed by atoms with Gasteiger partial charge in [0.1, 0.15) is 5.60 Å². The predicted molar refractivity (Wildman–Crippen MR) is 77.6 cm³/mol. The Morgan fingerprint density at radius 2 is 2.00 bits per heavy atom. The topological polar surface area (TPSA) is 55.6 Å². The Bertz CT molecular complexity index is 530. The molecule has 0 atom stereocenters. The lowest BCUT2D eigenvalue weighted by atomic mass is 10.0. The third kappa shape index (κ3) is 2.53. The first-order valence-electron chi connectivity index (χ1n) is 6.60. The molecule has 0 unspecified atom stereocenters. The quantitative estimate of drug-likeness (QED) is 0.730. The van der Waals surface area contributed by atoms with E-state index < -0.39 is 5.60 Å². The molecule has 2 rings (SSSR count). The van der Waals surface area contributed by atoms with Crippen LogP contribution in [-0.4, -0.2) is 18.2 Å². The van der Waals surface area contributed by atoms with E-state index in [2.05, 4.69) is 0 Å². The summed E-state index contributed by atoms with van der Waals surface area (Å²) in [5.74, 6) is 0. The van der Waals surface area contributed by atoms with E-state index in [4.69, 9.17) is 10.5 Å². The average Bonchev–Trinajstić information content (AvgIpc) is 2.67. The Morgan fingerprint density at radius 1 is 1.37 bits per heavy atom. The normalized spacial score (nSPS) is 14.5. The van der Waals surface area contributed by atoms with E-state index in [9.17, 15) is 4.79 Å². The zero-order valence-electron chi connectivity index (χ0n) is 12.3. The summed E-state index contributed by atoms with van der Waals surface area (Å²) < 4.78 is 5.44. The smallest absolute Gasteiger partial charge is 0.414 e. The van der Waals surface area contributed by atoms with Crippen molar-refractivity contribution >= 4 is 17.5 Å². The highest BCUT2D eigenvalue weighted by atomic mass is 16.6. The van der Waals surface area contributed by atoms with Crippen molar-refractivity contribution in [1.29, 1.82) is 0 Å². The van der Waals surface area contributed by atoms with Gasteiger partial charge in [-0.2, -0.15) is 0 Å². The van der Waals surface area contributed by atoms with Gasteiger partial charge in [-0.3, -0.25) is 4.90 Å². The Hall–Kier alpha value is -1.71. The number of benzene rings is 1. The van der Waals surface area contributed by atoms with Gasteiger partial charge < -0.3 is 10.5 Å². The molecule has 1 heterocycles. The predicted octanol–water partition coefficient (Wildman–Crippen LogP) is 3.18. The SMILES string of the molecule is Cc1cc2c(c(C)c1N)CCN2C(=O)OC(C)(C)C. The molecule has 0 spiro atoms. The van der Waals surface area contributed by atoms with Crippen molar-refractivity contribution in [2.75, 3.05) is 17.2 Å². The van der Waals surface area contributed by atoms with Crippen LogP contribution in [0.15, 0.2) is 6.07 Å². The van der Waals surface area contributed by atoms with Crippen LogP contribution in [-0.2, 0) is 11.2 Å². The zero-order valence-corrected chi connectivity index (χ0v) is 12.3. The molecule has 0 bridgehead atoms. The lowest BCUT2D eigenvalue weighted by molar-refractivity contribution is 0.0584. The summed E-state index contributed by atoms with van der Waals surface area (Å²) in [6.07, 6.45) is 0.556. The summed E-state index contributed by atoms with van der Waals surface area (Å²) in [5.41, 5.74) is 10.6. The summed E-state index contributed by atoms with van der Waals surface area (Å²) in [5, 5.41) is 0. The van der Waals surface area contributed by atoms with E-state index in [-0.39, 0.29) is 6.09 Å². The first kappa shape index (κ1) is 13.7. The molecule has 104 valence electrons. The van der Waals surface area contributed by atoms with Gasteiger partial charge in [0.15, 0.2) is 0 Å². The molecule has 0 aromatic heterocycles. The second kappa shape index (κ2) is 4.44. The monoisotopic (exact) mass is 262 g/mol. The molecule has 4 heteroatoms. The van der Waals surface area contributed by atoms with Gasteiger partial charge >= 0.3 is 6.09 Å². The van der Waals surface area contributed by atoms with Crippen molar-refractivity contribution < 1.29 is 9.53 Å². The van der Waals surface area contributed by atoms with Crippen LogP contribution in [0.1, 0.15) is 37.5 Å². The molecule has 4 nitrogen and oxygen atoms in total. The van der Waals surface area contributed by atoms with E-state index >= 15 is 0 Å². The second-order valence-electron chi connectivity index (χ2n) is 6.11. The number of aryl methyl sites for hydroxylation is 1. The minimum absolute atomic E-state index is 0.283. The number of carbonyl (C=O) groups excluding carboxylic acids is 1. The molecule has 0 aliphatic carbocycles. The Balaban J connectivity index is 2.35. The number of amides is 1. The number of rotatable bonds is 0. The average molecular weight is 262 g/mol. The summed E-state index contributed by atoms with van der Waals surface area (Å²) in [7, 11) is 0. The van der Waals surface area contributed by atoms with Crippen molar-refractivity contribution in [2.45, 2.75) is 46.6 Å². The van der Waals surface area contributed by atoms with Gasteiger partial charge in [-0.15, -0.1) is 0 Å². The number of hydrogen-bond acceptors (Lipinski definition) is 3.